The normalized spacial score (nSPS) is 14.5. The number of amides is 1. The fourth-order valence-electron chi connectivity index (χ4n) is 3.83. The molecule has 0 bridgehead atoms. The Morgan fingerprint density at radius 2 is 1.69 bits per heavy atom. The van der Waals surface area contributed by atoms with Crippen LogP contribution >= 0.6 is 0 Å². The zero-order valence-corrected chi connectivity index (χ0v) is 21.4. The summed E-state index contributed by atoms with van der Waals surface area (Å²) >= 11 is 0. The molecule has 0 aliphatic carbocycles. The van der Waals surface area contributed by atoms with Crippen LogP contribution in [0.3, 0.4) is 0 Å². The molecule has 0 radical (unpaired) electrons. The first-order valence-electron chi connectivity index (χ1n) is 11.5. The smallest absolute Gasteiger partial charge is 0.338 e. The second-order valence-corrected chi connectivity index (χ2v) is 10.3. The molecule has 0 saturated carbocycles. The molecule has 9 nitrogen and oxygen atoms in total. The van der Waals surface area contributed by atoms with Crippen molar-refractivity contribution in [2.75, 3.05) is 46.5 Å². The summed E-state index contributed by atoms with van der Waals surface area (Å²) in [5.41, 5.74) is 1.92. The van der Waals surface area contributed by atoms with E-state index < -0.39 is 22.6 Å². The van der Waals surface area contributed by atoms with E-state index in [-0.39, 0.29) is 42.5 Å². The van der Waals surface area contributed by atoms with Crippen molar-refractivity contribution in [3.05, 3.63) is 53.1 Å². The molecule has 10 heteroatoms. The number of rotatable bonds is 9. The van der Waals surface area contributed by atoms with Crippen molar-refractivity contribution in [1.82, 2.24) is 9.21 Å². The standard InChI is InChI=1S/C25H32N2O7S/c1-5-14-33-21-8-7-20(16-22(21)32-4)25(29)34-17-24(28)26-10-12-27(13-11-26)35(30,31)23-9-6-18(2)15-19(23)3/h6-9,15-16H,5,10-14,17H2,1-4H3. The Morgan fingerprint density at radius 1 is 0.971 bits per heavy atom. The number of methoxy groups -OCH3 is 1. The van der Waals surface area contributed by atoms with Crippen molar-refractivity contribution in [3.8, 4) is 11.5 Å². The molecule has 0 aromatic heterocycles. The third kappa shape index (κ3) is 6.32. The number of nitrogens with zero attached hydrogens (tertiary/aromatic N) is 2. The molecule has 0 atom stereocenters. The van der Waals surface area contributed by atoms with Crippen LogP contribution in [0.2, 0.25) is 0 Å². The van der Waals surface area contributed by atoms with E-state index in [1.807, 2.05) is 19.9 Å². The van der Waals surface area contributed by atoms with Crippen LogP contribution in [0.15, 0.2) is 41.3 Å². The number of carbonyl (C=O) groups is 2. The van der Waals surface area contributed by atoms with E-state index in [0.717, 1.165) is 12.0 Å². The number of benzene rings is 2. The number of carbonyl (C=O) groups excluding carboxylic acids is 2. The predicted octanol–water partition coefficient (Wildman–Crippen LogP) is 2.79. The van der Waals surface area contributed by atoms with E-state index in [1.54, 1.807) is 31.2 Å². The molecule has 1 aliphatic heterocycles. The molecule has 1 fully saturated rings. The second kappa shape index (κ2) is 11.5. The molecule has 0 spiro atoms. The van der Waals surface area contributed by atoms with Crippen molar-refractivity contribution >= 4 is 21.9 Å². The summed E-state index contributed by atoms with van der Waals surface area (Å²) < 4.78 is 43.5. The maximum absolute atomic E-state index is 13.0. The van der Waals surface area contributed by atoms with E-state index in [1.165, 1.54) is 22.4 Å². The maximum Gasteiger partial charge on any atom is 0.338 e. The fourth-order valence-corrected chi connectivity index (χ4v) is 5.46. The molecule has 1 heterocycles. The molecule has 0 unspecified atom stereocenters. The Bertz CT molecular complexity index is 1170. The number of ether oxygens (including phenoxy) is 3. The number of aryl methyl sites for hydroxylation is 2. The molecule has 2 aromatic carbocycles. The first kappa shape index (κ1) is 26.5. The molecule has 190 valence electrons. The van der Waals surface area contributed by atoms with Crippen molar-refractivity contribution in [2.45, 2.75) is 32.1 Å². The first-order valence-corrected chi connectivity index (χ1v) is 12.9. The summed E-state index contributed by atoms with van der Waals surface area (Å²) in [6.45, 7) is 6.54. The molecule has 2 aromatic rings. The van der Waals surface area contributed by atoms with Crippen molar-refractivity contribution in [1.29, 1.82) is 0 Å². The number of esters is 1. The van der Waals surface area contributed by atoms with E-state index in [4.69, 9.17) is 14.2 Å². The van der Waals surface area contributed by atoms with E-state index in [9.17, 15) is 18.0 Å². The lowest BCUT2D eigenvalue weighted by Crippen LogP contribution is -2.51. The Morgan fingerprint density at radius 3 is 2.31 bits per heavy atom. The highest BCUT2D eigenvalue weighted by Gasteiger charge is 2.31. The van der Waals surface area contributed by atoms with Crippen LogP contribution in [0.4, 0.5) is 0 Å². The highest BCUT2D eigenvalue weighted by atomic mass is 32.2. The van der Waals surface area contributed by atoms with Crippen LogP contribution in [0.1, 0.15) is 34.8 Å². The van der Waals surface area contributed by atoms with Gasteiger partial charge in [0.2, 0.25) is 10.0 Å². The van der Waals surface area contributed by atoms with Gasteiger partial charge in [0, 0.05) is 26.2 Å². The van der Waals surface area contributed by atoms with Crippen LogP contribution in [-0.2, 0) is 19.6 Å². The average Bonchev–Trinajstić information content (AvgIpc) is 2.85. The monoisotopic (exact) mass is 504 g/mol. The number of hydrogen-bond donors (Lipinski definition) is 0. The highest BCUT2D eigenvalue weighted by molar-refractivity contribution is 7.89. The second-order valence-electron chi connectivity index (χ2n) is 8.34. The molecule has 35 heavy (non-hydrogen) atoms. The third-order valence-corrected chi connectivity index (χ3v) is 7.79. The highest BCUT2D eigenvalue weighted by Crippen LogP contribution is 2.28. The predicted molar refractivity (Wildman–Crippen MR) is 130 cm³/mol. The van der Waals surface area contributed by atoms with Crippen LogP contribution in [0, 0.1) is 13.8 Å². The summed E-state index contributed by atoms with van der Waals surface area (Å²) in [7, 11) is -2.17. The Labute approximate surface area is 206 Å². The zero-order valence-electron chi connectivity index (χ0n) is 20.6. The van der Waals surface area contributed by atoms with Gasteiger partial charge >= 0.3 is 5.97 Å². The molecule has 1 saturated heterocycles. The quantitative estimate of drug-likeness (QED) is 0.484. The van der Waals surface area contributed by atoms with Gasteiger partial charge in [0.1, 0.15) is 0 Å². The summed E-state index contributed by atoms with van der Waals surface area (Å²) in [5.74, 6) is -0.109. The summed E-state index contributed by atoms with van der Waals surface area (Å²) in [6.07, 6.45) is 0.834. The number of sulfonamides is 1. The van der Waals surface area contributed by atoms with Crippen LogP contribution in [0.5, 0.6) is 11.5 Å². The number of hydrogen-bond acceptors (Lipinski definition) is 7. The molecule has 1 amide bonds. The summed E-state index contributed by atoms with van der Waals surface area (Å²) in [6, 6.07) is 9.92. The topological polar surface area (TPSA) is 102 Å². The lowest BCUT2D eigenvalue weighted by Gasteiger charge is -2.34. The lowest BCUT2D eigenvalue weighted by molar-refractivity contribution is -0.135. The largest absolute Gasteiger partial charge is 0.493 e. The fraction of sp³-hybridized carbons (Fsp3) is 0.440. The summed E-state index contributed by atoms with van der Waals surface area (Å²) in [5, 5.41) is 0. The van der Waals surface area contributed by atoms with Gasteiger partial charge in [-0.05, 0) is 50.1 Å². The van der Waals surface area contributed by atoms with Gasteiger partial charge in [0.15, 0.2) is 18.1 Å². The minimum Gasteiger partial charge on any atom is -0.493 e. The van der Waals surface area contributed by atoms with Crippen LogP contribution < -0.4 is 9.47 Å². The van der Waals surface area contributed by atoms with E-state index in [0.29, 0.717) is 23.7 Å². The lowest BCUT2D eigenvalue weighted by atomic mass is 10.2. The van der Waals surface area contributed by atoms with Crippen molar-refractivity contribution in [2.24, 2.45) is 0 Å². The Balaban J connectivity index is 1.54. The van der Waals surface area contributed by atoms with Gasteiger partial charge in [-0.15, -0.1) is 0 Å². The summed E-state index contributed by atoms with van der Waals surface area (Å²) in [4.78, 5) is 26.8. The van der Waals surface area contributed by atoms with Crippen LogP contribution in [0.25, 0.3) is 0 Å². The minimum atomic E-state index is -3.65. The van der Waals surface area contributed by atoms with Gasteiger partial charge in [-0.25, -0.2) is 13.2 Å². The van der Waals surface area contributed by atoms with Gasteiger partial charge in [0.05, 0.1) is 24.2 Å². The molecule has 0 N–H and O–H groups in total. The van der Waals surface area contributed by atoms with Gasteiger partial charge in [-0.3, -0.25) is 4.79 Å². The average molecular weight is 505 g/mol. The Kier molecular flexibility index (Phi) is 8.74. The maximum atomic E-state index is 13.0. The van der Waals surface area contributed by atoms with Gasteiger partial charge in [0.25, 0.3) is 5.91 Å². The zero-order chi connectivity index (χ0) is 25.6. The van der Waals surface area contributed by atoms with E-state index in [2.05, 4.69) is 0 Å². The van der Waals surface area contributed by atoms with E-state index >= 15 is 0 Å². The molecular weight excluding hydrogens is 472 g/mol. The minimum absolute atomic E-state index is 0.172. The molecule has 3 rings (SSSR count). The molecule has 1 aliphatic rings. The van der Waals surface area contributed by atoms with Crippen LogP contribution in [-0.4, -0.2) is 76.0 Å². The van der Waals surface area contributed by atoms with Gasteiger partial charge < -0.3 is 19.1 Å². The first-order chi connectivity index (χ1) is 16.7. The third-order valence-electron chi connectivity index (χ3n) is 5.73. The van der Waals surface area contributed by atoms with Crippen molar-refractivity contribution < 1.29 is 32.2 Å². The van der Waals surface area contributed by atoms with Gasteiger partial charge in [-0.1, -0.05) is 24.6 Å². The SMILES string of the molecule is CCCOc1ccc(C(=O)OCC(=O)N2CCN(S(=O)(=O)c3ccc(C)cc3C)CC2)cc1OC. The Hall–Kier alpha value is -3.11. The molecular formula is C25H32N2O7S. The van der Waals surface area contributed by atoms with Gasteiger partial charge in [-0.2, -0.15) is 4.31 Å². The number of piperazine rings is 1. The van der Waals surface area contributed by atoms with Crippen molar-refractivity contribution in [3.63, 3.8) is 0 Å².